The number of nitrogens with zero attached hydrogens (tertiary/aromatic N) is 1. The normalized spacial score (nSPS) is 9.73. The molecule has 1 amide bonds. The number of ether oxygens (including phenoxy) is 3. The number of esters is 1. The summed E-state index contributed by atoms with van der Waals surface area (Å²) >= 11 is 0. The van der Waals surface area contributed by atoms with Gasteiger partial charge in [-0.2, -0.15) is 5.26 Å². The van der Waals surface area contributed by atoms with Crippen molar-refractivity contribution in [2.45, 2.75) is 6.92 Å². The van der Waals surface area contributed by atoms with Crippen molar-refractivity contribution < 1.29 is 23.8 Å². The van der Waals surface area contributed by atoms with Crippen molar-refractivity contribution in [2.24, 2.45) is 0 Å². The highest BCUT2D eigenvalue weighted by Gasteiger charge is 2.14. The van der Waals surface area contributed by atoms with Crippen molar-refractivity contribution in [1.82, 2.24) is 0 Å². The maximum Gasteiger partial charge on any atom is 0.338 e. The van der Waals surface area contributed by atoms with Crippen LogP contribution in [-0.4, -0.2) is 32.2 Å². The van der Waals surface area contributed by atoms with Gasteiger partial charge in [-0.3, -0.25) is 4.79 Å². The second kappa shape index (κ2) is 9.08. The second-order valence-corrected chi connectivity index (χ2v) is 5.12. The van der Waals surface area contributed by atoms with Crippen LogP contribution in [0.2, 0.25) is 0 Å². The van der Waals surface area contributed by atoms with Crippen LogP contribution in [0.5, 0.6) is 11.5 Å². The summed E-state index contributed by atoms with van der Waals surface area (Å²) in [4.78, 5) is 24.0. The number of hydrogen-bond acceptors (Lipinski definition) is 6. The van der Waals surface area contributed by atoms with Gasteiger partial charge >= 0.3 is 5.97 Å². The van der Waals surface area contributed by atoms with E-state index in [0.717, 1.165) is 0 Å². The van der Waals surface area contributed by atoms with Crippen LogP contribution in [0.4, 0.5) is 5.69 Å². The number of carbonyl (C=O) groups is 2. The molecule has 2 rings (SSSR count). The summed E-state index contributed by atoms with van der Waals surface area (Å²) in [5.74, 6) is -0.248. The highest BCUT2D eigenvalue weighted by atomic mass is 16.5. The molecule has 0 bridgehead atoms. The predicted octanol–water partition coefficient (Wildman–Crippen LogP) is 2.76. The third kappa shape index (κ3) is 4.98. The van der Waals surface area contributed by atoms with Crippen LogP contribution in [0.15, 0.2) is 42.5 Å². The number of benzene rings is 2. The molecule has 0 saturated carbocycles. The van der Waals surface area contributed by atoms with Crippen molar-refractivity contribution in [3.05, 3.63) is 53.6 Å². The molecule has 1 N–H and O–H groups in total. The average molecular weight is 354 g/mol. The molecule has 7 nitrogen and oxygen atoms in total. The second-order valence-electron chi connectivity index (χ2n) is 5.12. The van der Waals surface area contributed by atoms with Crippen LogP contribution in [-0.2, 0) is 9.53 Å². The summed E-state index contributed by atoms with van der Waals surface area (Å²) in [5.41, 5.74) is 1.11. The molecule has 0 saturated heterocycles. The molecule has 2 aromatic rings. The number of amides is 1. The number of carbonyl (C=O) groups excluding carboxylic acids is 2. The van der Waals surface area contributed by atoms with E-state index in [0.29, 0.717) is 29.4 Å². The Morgan fingerprint density at radius 3 is 2.65 bits per heavy atom. The van der Waals surface area contributed by atoms with E-state index in [1.807, 2.05) is 13.0 Å². The maximum absolute atomic E-state index is 12.1. The van der Waals surface area contributed by atoms with Gasteiger partial charge in [0.1, 0.15) is 0 Å². The molecule has 0 aliphatic rings. The van der Waals surface area contributed by atoms with Crippen molar-refractivity contribution in [3.63, 3.8) is 0 Å². The SMILES string of the molecule is CCOc1cc(C(=O)OCC(=O)Nc2cccc(C#N)c2)ccc1OC. The van der Waals surface area contributed by atoms with Gasteiger partial charge in [0.05, 0.1) is 30.9 Å². The molecular weight excluding hydrogens is 336 g/mol. The zero-order valence-electron chi connectivity index (χ0n) is 14.4. The minimum atomic E-state index is -0.658. The molecule has 0 unspecified atom stereocenters. The molecule has 0 aromatic heterocycles. The van der Waals surface area contributed by atoms with Crippen molar-refractivity contribution in [1.29, 1.82) is 5.26 Å². The molecule has 7 heteroatoms. The van der Waals surface area contributed by atoms with Crippen LogP contribution in [0.25, 0.3) is 0 Å². The quantitative estimate of drug-likeness (QED) is 0.768. The van der Waals surface area contributed by atoms with Gasteiger partial charge in [0.2, 0.25) is 0 Å². The molecule has 0 fully saturated rings. The number of rotatable bonds is 7. The van der Waals surface area contributed by atoms with E-state index < -0.39 is 18.5 Å². The van der Waals surface area contributed by atoms with Crippen LogP contribution >= 0.6 is 0 Å². The minimum absolute atomic E-state index is 0.244. The van der Waals surface area contributed by atoms with Crippen molar-refractivity contribution >= 4 is 17.6 Å². The van der Waals surface area contributed by atoms with Crippen LogP contribution < -0.4 is 14.8 Å². The number of anilines is 1. The van der Waals surface area contributed by atoms with Crippen LogP contribution in [0.1, 0.15) is 22.8 Å². The van der Waals surface area contributed by atoms with E-state index in [1.165, 1.54) is 25.3 Å². The lowest BCUT2D eigenvalue weighted by atomic mass is 10.2. The van der Waals surface area contributed by atoms with E-state index in [4.69, 9.17) is 19.5 Å². The monoisotopic (exact) mass is 354 g/mol. The summed E-state index contributed by atoms with van der Waals surface area (Å²) < 4.78 is 15.6. The van der Waals surface area contributed by atoms with Gasteiger partial charge in [-0.05, 0) is 43.3 Å². The van der Waals surface area contributed by atoms with Gasteiger partial charge in [-0.15, -0.1) is 0 Å². The Kier molecular flexibility index (Phi) is 6.57. The van der Waals surface area contributed by atoms with E-state index in [9.17, 15) is 9.59 Å². The van der Waals surface area contributed by atoms with E-state index in [-0.39, 0.29) is 5.56 Å². The number of hydrogen-bond donors (Lipinski definition) is 1. The highest BCUT2D eigenvalue weighted by molar-refractivity contribution is 5.95. The zero-order valence-corrected chi connectivity index (χ0v) is 14.4. The van der Waals surface area contributed by atoms with E-state index >= 15 is 0 Å². The Morgan fingerprint density at radius 1 is 1.15 bits per heavy atom. The summed E-state index contributed by atoms with van der Waals surface area (Å²) in [6.07, 6.45) is 0. The molecule has 0 aliphatic carbocycles. The fourth-order valence-corrected chi connectivity index (χ4v) is 2.15. The molecule has 26 heavy (non-hydrogen) atoms. The highest BCUT2D eigenvalue weighted by Crippen LogP contribution is 2.28. The minimum Gasteiger partial charge on any atom is -0.493 e. The Morgan fingerprint density at radius 2 is 1.96 bits per heavy atom. The Balaban J connectivity index is 1.96. The largest absolute Gasteiger partial charge is 0.493 e. The summed E-state index contributed by atoms with van der Waals surface area (Å²) in [7, 11) is 1.50. The molecular formula is C19H18N2O5. The third-order valence-electron chi connectivity index (χ3n) is 3.31. The first kappa shape index (κ1) is 18.8. The van der Waals surface area contributed by atoms with Gasteiger partial charge < -0.3 is 19.5 Å². The van der Waals surface area contributed by atoms with E-state index in [2.05, 4.69) is 5.32 Å². The molecule has 0 heterocycles. The van der Waals surface area contributed by atoms with E-state index in [1.54, 1.807) is 24.3 Å². The van der Waals surface area contributed by atoms with Gasteiger partial charge in [-0.1, -0.05) is 6.07 Å². The maximum atomic E-state index is 12.1. The van der Waals surface area contributed by atoms with Gasteiger partial charge in [0, 0.05) is 5.69 Å². The lowest BCUT2D eigenvalue weighted by molar-refractivity contribution is -0.119. The Bertz CT molecular complexity index is 842. The standard InChI is InChI=1S/C19H18N2O5/c1-3-25-17-10-14(7-8-16(17)24-2)19(23)26-12-18(22)21-15-6-4-5-13(9-15)11-20/h4-10H,3,12H2,1-2H3,(H,21,22). The number of nitrogens with one attached hydrogen (secondary N) is 1. The third-order valence-corrected chi connectivity index (χ3v) is 3.31. The molecule has 0 atom stereocenters. The first-order valence-electron chi connectivity index (χ1n) is 7.85. The lowest BCUT2D eigenvalue weighted by Gasteiger charge is -2.11. The van der Waals surface area contributed by atoms with Crippen molar-refractivity contribution in [3.8, 4) is 17.6 Å². The first-order valence-corrected chi connectivity index (χ1v) is 7.85. The van der Waals surface area contributed by atoms with Crippen molar-refractivity contribution in [2.75, 3.05) is 25.6 Å². The smallest absolute Gasteiger partial charge is 0.338 e. The number of nitriles is 1. The molecule has 2 aromatic carbocycles. The summed E-state index contributed by atoms with van der Waals surface area (Å²) in [5, 5.41) is 11.4. The van der Waals surface area contributed by atoms with Crippen LogP contribution in [0.3, 0.4) is 0 Å². The van der Waals surface area contributed by atoms with Gasteiger partial charge in [-0.25, -0.2) is 4.79 Å². The Labute approximate surface area is 151 Å². The van der Waals surface area contributed by atoms with Crippen LogP contribution in [0, 0.1) is 11.3 Å². The fraction of sp³-hybridized carbons (Fsp3) is 0.211. The topological polar surface area (TPSA) is 97.6 Å². The molecule has 0 aliphatic heterocycles. The molecule has 134 valence electrons. The zero-order chi connectivity index (χ0) is 18.9. The predicted molar refractivity (Wildman–Crippen MR) is 94.2 cm³/mol. The number of methoxy groups -OCH3 is 1. The summed E-state index contributed by atoms with van der Waals surface area (Å²) in [6.45, 7) is 1.78. The average Bonchev–Trinajstić information content (AvgIpc) is 2.66. The first-order chi connectivity index (χ1) is 12.6. The van der Waals surface area contributed by atoms with Gasteiger partial charge in [0.25, 0.3) is 5.91 Å². The Hall–Kier alpha value is -3.53. The van der Waals surface area contributed by atoms with Gasteiger partial charge in [0.15, 0.2) is 18.1 Å². The molecule has 0 spiro atoms. The summed E-state index contributed by atoms with van der Waals surface area (Å²) in [6, 6.07) is 13.0. The fourth-order valence-electron chi connectivity index (χ4n) is 2.15. The lowest BCUT2D eigenvalue weighted by Crippen LogP contribution is -2.21. The molecule has 0 radical (unpaired) electrons.